The molecule has 76 valence electrons. The summed E-state index contributed by atoms with van der Waals surface area (Å²) in [6.07, 6.45) is 0.470. The zero-order valence-electron chi connectivity index (χ0n) is 7.76. The van der Waals surface area contributed by atoms with Crippen LogP contribution in [0.4, 0.5) is 8.78 Å². The number of hydrogen-bond donors (Lipinski definition) is 1. The minimum Gasteiger partial charge on any atom is -0.321 e. The highest BCUT2D eigenvalue weighted by Gasteiger charge is 2.15. The summed E-state index contributed by atoms with van der Waals surface area (Å²) in [7, 11) is 0. The van der Waals surface area contributed by atoms with E-state index in [2.05, 4.69) is 0 Å². The summed E-state index contributed by atoms with van der Waals surface area (Å²) < 4.78 is 25.3. The number of Topliss-reactive ketones (excluding diaryl/α,β-unsaturated/α-hetero) is 1. The molecule has 14 heavy (non-hydrogen) atoms. The second kappa shape index (κ2) is 4.28. The Labute approximate surface area is 80.7 Å². The maximum atomic E-state index is 12.7. The lowest BCUT2D eigenvalue weighted by Gasteiger charge is -2.07. The Morgan fingerprint density at radius 1 is 1.43 bits per heavy atom. The van der Waals surface area contributed by atoms with Crippen molar-refractivity contribution in [3.8, 4) is 0 Å². The molecule has 2 N–H and O–H groups in total. The van der Waals surface area contributed by atoms with E-state index in [1.165, 1.54) is 6.07 Å². The van der Waals surface area contributed by atoms with Crippen LogP contribution in [0.1, 0.15) is 23.7 Å². The van der Waals surface area contributed by atoms with E-state index in [0.717, 1.165) is 12.1 Å². The van der Waals surface area contributed by atoms with E-state index < -0.39 is 17.7 Å². The Balaban J connectivity index is 2.97. The fraction of sp³-hybridized carbons (Fsp3) is 0.300. The fourth-order valence-corrected chi connectivity index (χ4v) is 1.05. The molecule has 0 aliphatic rings. The van der Waals surface area contributed by atoms with Gasteiger partial charge in [-0.1, -0.05) is 6.92 Å². The zero-order chi connectivity index (χ0) is 10.7. The minimum atomic E-state index is -1.03. The molecule has 0 aromatic heterocycles. The smallest absolute Gasteiger partial charge is 0.179 e. The Morgan fingerprint density at radius 3 is 2.57 bits per heavy atom. The largest absolute Gasteiger partial charge is 0.321 e. The van der Waals surface area contributed by atoms with Crippen molar-refractivity contribution >= 4 is 5.78 Å². The van der Waals surface area contributed by atoms with Gasteiger partial charge in [0, 0.05) is 5.56 Å². The summed E-state index contributed by atoms with van der Waals surface area (Å²) in [5.41, 5.74) is 5.58. The summed E-state index contributed by atoms with van der Waals surface area (Å²) in [5, 5.41) is 0. The first-order valence-corrected chi connectivity index (χ1v) is 4.31. The molecule has 0 saturated carbocycles. The molecule has 0 heterocycles. The van der Waals surface area contributed by atoms with Gasteiger partial charge in [0.2, 0.25) is 0 Å². The second-order valence-electron chi connectivity index (χ2n) is 3.01. The number of halogens is 2. The van der Waals surface area contributed by atoms with Gasteiger partial charge in [-0.2, -0.15) is 0 Å². The van der Waals surface area contributed by atoms with E-state index in [0.29, 0.717) is 6.42 Å². The number of carbonyl (C=O) groups is 1. The van der Waals surface area contributed by atoms with E-state index in [1.807, 2.05) is 0 Å². The van der Waals surface area contributed by atoms with Gasteiger partial charge in [0.15, 0.2) is 17.4 Å². The second-order valence-corrected chi connectivity index (χ2v) is 3.01. The highest BCUT2D eigenvalue weighted by Crippen LogP contribution is 2.10. The van der Waals surface area contributed by atoms with Crippen LogP contribution < -0.4 is 5.73 Å². The lowest BCUT2D eigenvalue weighted by molar-refractivity contribution is 0.0959. The van der Waals surface area contributed by atoms with Gasteiger partial charge in [-0.25, -0.2) is 8.78 Å². The van der Waals surface area contributed by atoms with Crippen molar-refractivity contribution in [3.63, 3.8) is 0 Å². The molecular formula is C10H11F2NO. The number of ketones is 1. The van der Waals surface area contributed by atoms with Crippen LogP contribution in [0, 0.1) is 11.6 Å². The van der Waals surface area contributed by atoms with Crippen LogP contribution in [-0.4, -0.2) is 11.8 Å². The number of benzene rings is 1. The zero-order valence-corrected chi connectivity index (χ0v) is 7.76. The summed E-state index contributed by atoms with van der Waals surface area (Å²) in [6, 6.07) is 2.37. The average molecular weight is 199 g/mol. The van der Waals surface area contributed by atoms with Gasteiger partial charge in [0.25, 0.3) is 0 Å². The van der Waals surface area contributed by atoms with Gasteiger partial charge < -0.3 is 5.73 Å². The molecule has 0 aliphatic heterocycles. The molecule has 2 nitrogen and oxygen atoms in total. The Bertz CT molecular complexity index is 352. The van der Waals surface area contributed by atoms with Crippen molar-refractivity contribution in [1.29, 1.82) is 0 Å². The van der Waals surface area contributed by atoms with Crippen LogP contribution in [-0.2, 0) is 0 Å². The standard InChI is InChI=1S/C10H11F2NO/c1-2-9(13)10(14)6-3-4-7(11)8(12)5-6/h3-5,9H,2,13H2,1H3. The summed E-state index contributed by atoms with van der Waals surface area (Å²) in [4.78, 5) is 11.4. The molecule has 1 aromatic rings. The normalized spacial score (nSPS) is 12.6. The Hall–Kier alpha value is -1.29. The number of carbonyl (C=O) groups excluding carboxylic acids is 1. The third-order valence-electron chi connectivity index (χ3n) is 1.98. The molecule has 0 radical (unpaired) electrons. The van der Waals surface area contributed by atoms with Crippen molar-refractivity contribution in [2.75, 3.05) is 0 Å². The van der Waals surface area contributed by atoms with Gasteiger partial charge in [-0.15, -0.1) is 0 Å². The van der Waals surface area contributed by atoms with E-state index in [-0.39, 0.29) is 11.3 Å². The van der Waals surface area contributed by atoms with Crippen molar-refractivity contribution in [3.05, 3.63) is 35.4 Å². The quantitative estimate of drug-likeness (QED) is 0.755. The van der Waals surface area contributed by atoms with Gasteiger partial charge >= 0.3 is 0 Å². The highest BCUT2D eigenvalue weighted by atomic mass is 19.2. The fourth-order valence-electron chi connectivity index (χ4n) is 1.05. The first-order valence-electron chi connectivity index (χ1n) is 4.31. The number of rotatable bonds is 3. The SMILES string of the molecule is CCC(N)C(=O)c1ccc(F)c(F)c1. The first-order chi connectivity index (χ1) is 6.56. The van der Waals surface area contributed by atoms with Crippen LogP contribution in [0.3, 0.4) is 0 Å². The van der Waals surface area contributed by atoms with Gasteiger partial charge in [0.1, 0.15) is 0 Å². The maximum Gasteiger partial charge on any atom is 0.179 e. The van der Waals surface area contributed by atoms with Gasteiger partial charge in [0.05, 0.1) is 6.04 Å². The average Bonchev–Trinajstić information content (AvgIpc) is 2.20. The summed E-state index contributed by atoms with van der Waals surface area (Å²) in [6.45, 7) is 1.75. The lowest BCUT2D eigenvalue weighted by Crippen LogP contribution is -2.29. The summed E-state index contributed by atoms with van der Waals surface area (Å²) >= 11 is 0. The molecule has 1 aromatic carbocycles. The molecule has 1 rings (SSSR count). The molecule has 1 unspecified atom stereocenters. The topological polar surface area (TPSA) is 43.1 Å². The lowest BCUT2D eigenvalue weighted by atomic mass is 10.0. The van der Waals surface area contributed by atoms with Crippen LogP contribution in [0.25, 0.3) is 0 Å². The number of hydrogen-bond acceptors (Lipinski definition) is 2. The molecule has 1 atom stereocenters. The monoisotopic (exact) mass is 199 g/mol. The van der Waals surface area contributed by atoms with Crippen LogP contribution in [0.15, 0.2) is 18.2 Å². The van der Waals surface area contributed by atoms with Crippen LogP contribution >= 0.6 is 0 Å². The van der Waals surface area contributed by atoms with E-state index in [1.54, 1.807) is 6.92 Å². The molecule has 0 spiro atoms. The molecule has 0 fully saturated rings. The predicted molar refractivity (Wildman–Crippen MR) is 49.0 cm³/mol. The van der Waals surface area contributed by atoms with Gasteiger partial charge in [-0.3, -0.25) is 4.79 Å². The van der Waals surface area contributed by atoms with Crippen molar-refractivity contribution in [1.82, 2.24) is 0 Å². The molecule has 0 saturated heterocycles. The van der Waals surface area contributed by atoms with Crippen molar-refractivity contribution < 1.29 is 13.6 Å². The van der Waals surface area contributed by atoms with E-state index >= 15 is 0 Å². The molecule has 4 heteroatoms. The maximum absolute atomic E-state index is 12.7. The van der Waals surface area contributed by atoms with Crippen LogP contribution in [0.5, 0.6) is 0 Å². The van der Waals surface area contributed by atoms with Gasteiger partial charge in [-0.05, 0) is 24.6 Å². The molecule has 0 aliphatic carbocycles. The Morgan fingerprint density at radius 2 is 2.07 bits per heavy atom. The van der Waals surface area contributed by atoms with Crippen molar-refractivity contribution in [2.45, 2.75) is 19.4 Å². The number of nitrogens with two attached hydrogens (primary N) is 1. The minimum absolute atomic E-state index is 0.109. The van der Waals surface area contributed by atoms with Crippen LogP contribution in [0.2, 0.25) is 0 Å². The Kier molecular flexibility index (Phi) is 3.30. The molecule has 0 amide bonds. The third kappa shape index (κ3) is 2.14. The van der Waals surface area contributed by atoms with E-state index in [4.69, 9.17) is 5.73 Å². The predicted octanol–water partition coefficient (Wildman–Crippen LogP) is 1.88. The van der Waals surface area contributed by atoms with Crippen molar-refractivity contribution in [2.24, 2.45) is 5.73 Å². The highest BCUT2D eigenvalue weighted by molar-refractivity contribution is 5.99. The summed E-state index contributed by atoms with van der Waals surface area (Å²) in [5.74, 6) is -2.36. The van der Waals surface area contributed by atoms with E-state index in [9.17, 15) is 13.6 Å². The first kappa shape index (κ1) is 10.8. The molecular weight excluding hydrogens is 188 g/mol. The third-order valence-corrected chi connectivity index (χ3v) is 1.98. The molecule has 0 bridgehead atoms.